The third-order valence-electron chi connectivity index (χ3n) is 2.59. The summed E-state index contributed by atoms with van der Waals surface area (Å²) in [4.78, 5) is 15.9. The molecule has 0 atom stereocenters. The number of Topliss-reactive ketones (excluding diaryl/α,β-unsaturated/α-hetero) is 1. The normalized spacial score (nSPS) is 9.95. The fourth-order valence-electron chi connectivity index (χ4n) is 1.69. The highest BCUT2D eigenvalue weighted by Crippen LogP contribution is 2.20. The van der Waals surface area contributed by atoms with Gasteiger partial charge in [-0.1, -0.05) is 0 Å². The van der Waals surface area contributed by atoms with Crippen LogP contribution >= 0.6 is 0 Å². The molecule has 0 saturated carbocycles. The van der Waals surface area contributed by atoms with Crippen LogP contribution in [0.15, 0.2) is 30.6 Å². The molecule has 5 nitrogen and oxygen atoms in total. The lowest BCUT2D eigenvalue weighted by molar-refractivity contribution is 0.0968. The number of carbonyl (C=O) groups excluding carboxylic acids is 1. The van der Waals surface area contributed by atoms with E-state index in [2.05, 4.69) is 4.98 Å². The number of methoxy groups -OCH3 is 1. The van der Waals surface area contributed by atoms with Crippen LogP contribution in [0.3, 0.4) is 0 Å². The van der Waals surface area contributed by atoms with Gasteiger partial charge >= 0.3 is 0 Å². The molecule has 6 heteroatoms. The van der Waals surface area contributed by atoms with Crippen molar-refractivity contribution in [1.29, 1.82) is 5.26 Å². The van der Waals surface area contributed by atoms with Gasteiger partial charge in [0.1, 0.15) is 17.6 Å². The Hall–Kier alpha value is -2.68. The van der Waals surface area contributed by atoms with Crippen LogP contribution in [0.4, 0.5) is 4.39 Å². The molecule has 1 aromatic carbocycles. The quantitative estimate of drug-likeness (QED) is 0.785. The number of imidazole rings is 1. The van der Waals surface area contributed by atoms with Gasteiger partial charge in [-0.2, -0.15) is 5.26 Å². The Labute approximate surface area is 108 Å². The van der Waals surface area contributed by atoms with Crippen molar-refractivity contribution in [1.82, 2.24) is 9.55 Å². The molecule has 0 aliphatic heterocycles. The molecule has 0 aliphatic rings. The van der Waals surface area contributed by atoms with Crippen molar-refractivity contribution in [3.05, 3.63) is 47.8 Å². The predicted octanol–water partition coefficient (Wildman–Crippen LogP) is 1.79. The Morgan fingerprint density at radius 2 is 2.37 bits per heavy atom. The van der Waals surface area contributed by atoms with E-state index in [4.69, 9.17) is 10.00 Å². The summed E-state index contributed by atoms with van der Waals surface area (Å²) < 4.78 is 19.6. The van der Waals surface area contributed by atoms with E-state index in [1.807, 2.05) is 6.07 Å². The maximum absolute atomic E-state index is 13.2. The van der Waals surface area contributed by atoms with Crippen molar-refractivity contribution < 1.29 is 13.9 Å². The van der Waals surface area contributed by atoms with Gasteiger partial charge in [0, 0.05) is 12.4 Å². The molecule has 0 bridgehead atoms. The van der Waals surface area contributed by atoms with E-state index in [1.54, 1.807) is 0 Å². The van der Waals surface area contributed by atoms with Crippen molar-refractivity contribution in [2.24, 2.45) is 0 Å². The Morgan fingerprint density at radius 3 is 3.05 bits per heavy atom. The number of benzene rings is 1. The van der Waals surface area contributed by atoms with Gasteiger partial charge in [-0.3, -0.25) is 4.79 Å². The first-order chi connectivity index (χ1) is 9.15. The molecule has 2 aromatic rings. The highest BCUT2D eigenvalue weighted by atomic mass is 19.1. The molecule has 0 N–H and O–H groups in total. The van der Waals surface area contributed by atoms with E-state index in [0.29, 0.717) is 5.75 Å². The molecule has 1 heterocycles. The van der Waals surface area contributed by atoms with Gasteiger partial charge in [0.15, 0.2) is 5.78 Å². The summed E-state index contributed by atoms with van der Waals surface area (Å²) in [5.41, 5.74) is 0.139. The molecule has 0 radical (unpaired) electrons. The zero-order valence-corrected chi connectivity index (χ0v) is 10.1. The molecule has 0 aliphatic carbocycles. The topological polar surface area (TPSA) is 67.9 Å². The molecule has 0 unspecified atom stereocenters. The molecule has 0 fully saturated rings. The number of rotatable bonds is 4. The van der Waals surface area contributed by atoms with Crippen molar-refractivity contribution in [2.75, 3.05) is 7.11 Å². The van der Waals surface area contributed by atoms with Crippen LogP contribution < -0.4 is 4.74 Å². The fraction of sp³-hybridized carbons (Fsp3) is 0.154. The number of nitriles is 1. The summed E-state index contributed by atoms with van der Waals surface area (Å²) >= 11 is 0. The lowest BCUT2D eigenvalue weighted by atomic mass is 10.1. The SMILES string of the molecule is COc1ccc(F)cc1C(=O)Cn1ccnc1C#N. The number of halogens is 1. The standard InChI is InChI=1S/C13H10FN3O2/c1-19-12-3-2-9(14)6-10(12)11(18)8-17-5-4-16-13(17)7-15/h2-6H,8H2,1H3. The first-order valence-corrected chi connectivity index (χ1v) is 5.43. The lowest BCUT2D eigenvalue weighted by Gasteiger charge is -2.08. The minimum Gasteiger partial charge on any atom is -0.496 e. The average molecular weight is 259 g/mol. The molecular weight excluding hydrogens is 249 g/mol. The van der Waals surface area contributed by atoms with Gasteiger partial charge in [-0.15, -0.1) is 0 Å². The van der Waals surface area contributed by atoms with Crippen molar-refractivity contribution in [2.45, 2.75) is 6.54 Å². The monoisotopic (exact) mass is 259 g/mol. The van der Waals surface area contributed by atoms with Crippen LogP contribution in [-0.2, 0) is 6.54 Å². The lowest BCUT2D eigenvalue weighted by Crippen LogP contribution is -2.12. The maximum Gasteiger partial charge on any atom is 0.213 e. The van der Waals surface area contributed by atoms with Crippen LogP contribution in [0.1, 0.15) is 16.2 Å². The average Bonchev–Trinajstić information content (AvgIpc) is 2.85. The highest BCUT2D eigenvalue weighted by Gasteiger charge is 2.15. The summed E-state index contributed by atoms with van der Waals surface area (Å²) in [5.74, 6) is -0.449. The van der Waals surface area contributed by atoms with Crippen molar-refractivity contribution in [3.8, 4) is 11.8 Å². The van der Waals surface area contributed by atoms with Gasteiger partial charge in [-0.05, 0) is 18.2 Å². The van der Waals surface area contributed by atoms with Gasteiger partial charge in [0.25, 0.3) is 0 Å². The Kier molecular flexibility index (Phi) is 3.57. The van der Waals surface area contributed by atoms with Gasteiger partial charge in [0.2, 0.25) is 5.82 Å². The number of hydrogen-bond acceptors (Lipinski definition) is 4. The number of carbonyl (C=O) groups is 1. The molecule has 1 aromatic heterocycles. The summed E-state index contributed by atoms with van der Waals surface area (Å²) in [6.45, 7) is -0.0945. The number of aromatic nitrogens is 2. The summed E-state index contributed by atoms with van der Waals surface area (Å²) in [6, 6.07) is 5.59. The van der Waals surface area contributed by atoms with Crippen LogP contribution in [0, 0.1) is 17.1 Å². The first-order valence-electron chi connectivity index (χ1n) is 5.43. The molecule has 19 heavy (non-hydrogen) atoms. The maximum atomic E-state index is 13.2. The molecule has 0 saturated heterocycles. The molecule has 0 spiro atoms. The van der Waals surface area contributed by atoms with E-state index in [-0.39, 0.29) is 23.7 Å². The molecule has 96 valence electrons. The van der Waals surface area contributed by atoms with Gasteiger partial charge < -0.3 is 9.30 Å². The highest BCUT2D eigenvalue weighted by molar-refractivity contribution is 5.98. The smallest absolute Gasteiger partial charge is 0.213 e. The fourth-order valence-corrected chi connectivity index (χ4v) is 1.69. The molecular formula is C13H10FN3O2. The Morgan fingerprint density at radius 1 is 1.58 bits per heavy atom. The third-order valence-corrected chi connectivity index (χ3v) is 2.59. The van der Waals surface area contributed by atoms with Crippen LogP contribution in [-0.4, -0.2) is 22.4 Å². The van der Waals surface area contributed by atoms with Gasteiger partial charge in [-0.25, -0.2) is 9.37 Å². The zero-order chi connectivity index (χ0) is 13.8. The number of hydrogen-bond donors (Lipinski definition) is 0. The molecule has 2 rings (SSSR count). The van der Waals surface area contributed by atoms with Crippen LogP contribution in [0.2, 0.25) is 0 Å². The Bertz CT molecular complexity index is 658. The van der Waals surface area contributed by atoms with E-state index >= 15 is 0 Å². The number of ketones is 1. The van der Waals surface area contributed by atoms with Crippen molar-refractivity contribution >= 4 is 5.78 Å². The summed E-state index contributed by atoms with van der Waals surface area (Å²) in [6.07, 6.45) is 2.94. The molecule has 0 amide bonds. The minimum absolute atomic E-state index is 0.0945. The second kappa shape index (κ2) is 5.31. The second-order valence-corrected chi connectivity index (χ2v) is 3.76. The van der Waals surface area contributed by atoms with Crippen LogP contribution in [0.25, 0.3) is 0 Å². The van der Waals surface area contributed by atoms with E-state index in [9.17, 15) is 9.18 Å². The third kappa shape index (κ3) is 2.60. The van der Waals surface area contributed by atoms with Crippen molar-refractivity contribution in [3.63, 3.8) is 0 Å². The second-order valence-electron chi connectivity index (χ2n) is 3.76. The minimum atomic E-state index is -0.518. The van der Waals surface area contributed by atoms with Gasteiger partial charge in [0.05, 0.1) is 19.2 Å². The first kappa shape index (κ1) is 12.8. The van der Waals surface area contributed by atoms with E-state index in [0.717, 1.165) is 6.07 Å². The number of nitrogens with zero attached hydrogens (tertiary/aromatic N) is 3. The largest absolute Gasteiger partial charge is 0.496 e. The van der Waals surface area contributed by atoms with E-state index < -0.39 is 5.82 Å². The van der Waals surface area contributed by atoms with E-state index in [1.165, 1.54) is 36.2 Å². The summed E-state index contributed by atoms with van der Waals surface area (Å²) in [5, 5.41) is 8.81. The van der Waals surface area contributed by atoms with Crippen LogP contribution in [0.5, 0.6) is 5.75 Å². The Balaban J connectivity index is 2.30. The zero-order valence-electron chi connectivity index (χ0n) is 10.1. The summed E-state index contributed by atoms with van der Waals surface area (Å²) in [7, 11) is 1.40. The predicted molar refractivity (Wildman–Crippen MR) is 64.2 cm³/mol. The number of ether oxygens (including phenoxy) is 1.